The van der Waals surface area contributed by atoms with E-state index in [2.05, 4.69) is 11.6 Å². The zero-order valence-electron chi connectivity index (χ0n) is 15.3. The summed E-state index contributed by atoms with van der Waals surface area (Å²) in [5.74, 6) is 0. The number of benzene rings is 2. The summed E-state index contributed by atoms with van der Waals surface area (Å²) in [5, 5.41) is 0. The van der Waals surface area contributed by atoms with Crippen molar-refractivity contribution in [2.45, 2.75) is 42.4 Å². The summed E-state index contributed by atoms with van der Waals surface area (Å²) in [6, 6.07) is 12.6. The molecule has 1 fully saturated rings. The van der Waals surface area contributed by atoms with Crippen LogP contribution in [-0.2, 0) is 26.5 Å². The Balaban J connectivity index is 1.77. The van der Waals surface area contributed by atoms with Crippen molar-refractivity contribution in [3.8, 4) is 0 Å². The quantitative estimate of drug-likeness (QED) is 0.762. The van der Waals surface area contributed by atoms with Crippen LogP contribution in [0, 0.1) is 0 Å². The van der Waals surface area contributed by atoms with E-state index in [1.54, 1.807) is 12.1 Å². The van der Waals surface area contributed by atoms with Gasteiger partial charge in [-0.25, -0.2) is 16.8 Å². The minimum atomic E-state index is -3.78. The Morgan fingerprint density at radius 3 is 1.96 bits per heavy atom. The molecule has 1 heterocycles. The molecular weight excluding hydrogens is 384 g/mol. The topological polar surface area (TPSA) is 83.5 Å². The number of aryl methyl sites for hydroxylation is 1. The van der Waals surface area contributed by atoms with E-state index in [1.165, 1.54) is 28.6 Å². The zero-order valence-corrected chi connectivity index (χ0v) is 16.9. The maximum atomic E-state index is 12.6. The van der Waals surface area contributed by atoms with E-state index in [-0.39, 0.29) is 9.79 Å². The Hall–Kier alpha value is -1.90. The highest BCUT2D eigenvalue weighted by Crippen LogP contribution is 2.23. The van der Waals surface area contributed by atoms with Gasteiger partial charge in [-0.2, -0.15) is 4.31 Å². The summed E-state index contributed by atoms with van der Waals surface area (Å²) in [5.41, 5.74) is 1.63. The summed E-state index contributed by atoms with van der Waals surface area (Å²) < 4.78 is 54.1. The van der Waals surface area contributed by atoms with Gasteiger partial charge in [0.1, 0.15) is 0 Å². The third-order valence-corrected chi connectivity index (χ3v) is 7.89. The molecule has 0 saturated carbocycles. The van der Waals surface area contributed by atoms with Crippen LogP contribution in [0.2, 0.25) is 0 Å². The average molecular weight is 409 g/mol. The Morgan fingerprint density at radius 2 is 1.41 bits per heavy atom. The molecule has 3 rings (SSSR count). The van der Waals surface area contributed by atoms with Crippen LogP contribution in [0.1, 0.15) is 31.7 Å². The minimum Gasteiger partial charge on any atom is -0.280 e. The highest BCUT2D eigenvalue weighted by molar-refractivity contribution is 7.92. The second-order valence-electron chi connectivity index (χ2n) is 6.64. The second-order valence-corrected chi connectivity index (χ2v) is 10.3. The molecule has 0 aromatic heterocycles. The number of sulfonamides is 2. The van der Waals surface area contributed by atoms with E-state index < -0.39 is 20.0 Å². The van der Waals surface area contributed by atoms with Crippen LogP contribution in [0.4, 0.5) is 5.69 Å². The third kappa shape index (κ3) is 4.51. The first-order valence-corrected chi connectivity index (χ1v) is 12.0. The van der Waals surface area contributed by atoms with Gasteiger partial charge in [-0.3, -0.25) is 4.72 Å². The molecule has 1 N–H and O–H groups in total. The van der Waals surface area contributed by atoms with Gasteiger partial charge < -0.3 is 0 Å². The predicted octanol–water partition coefficient (Wildman–Crippen LogP) is 3.22. The molecular formula is C19H24N2O4S2. The number of nitrogens with one attached hydrogen (secondary N) is 1. The van der Waals surface area contributed by atoms with Gasteiger partial charge >= 0.3 is 0 Å². The predicted molar refractivity (Wildman–Crippen MR) is 106 cm³/mol. The van der Waals surface area contributed by atoms with Crippen molar-refractivity contribution in [3.05, 3.63) is 54.1 Å². The summed E-state index contributed by atoms with van der Waals surface area (Å²) in [7, 11) is -7.33. The maximum absolute atomic E-state index is 12.6. The van der Waals surface area contributed by atoms with Gasteiger partial charge in [0, 0.05) is 18.8 Å². The summed E-state index contributed by atoms with van der Waals surface area (Å²) in [6.45, 7) is 3.11. The van der Waals surface area contributed by atoms with Crippen molar-refractivity contribution in [3.63, 3.8) is 0 Å². The van der Waals surface area contributed by atoms with Crippen LogP contribution in [0.15, 0.2) is 58.3 Å². The molecule has 2 aromatic rings. The van der Waals surface area contributed by atoms with Crippen LogP contribution in [0.25, 0.3) is 0 Å². The van der Waals surface area contributed by atoms with Crippen molar-refractivity contribution >= 4 is 25.7 Å². The summed E-state index contributed by atoms with van der Waals surface area (Å²) in [6.07, 6.45) is 3.68. The van der Waals surface area contributed by atoms with Gasteiger partial charge in [-0.05, 0) is 61.2 Å². The summed E-state index contributed by atoms with van der Waals surface area (Å²) >= 11 is 0. The van der Waals surface area contributed by atoms with Crippen molar-refractivity contribution < 1.29 is 16.8 Å². The molecule has 6 nitrogen and oxygen atoms in total. The van der Waals surface area contributed by atoms with Gasteiger partial charge in [0.15, 0.2) is 0 Å². The molecule has 0 atom stereocenters. The smallest absolute Gasteiger partial charge is 0.261 e. The molecule has 1 saturated heterocycles. The van der Waals surface area contributed by atoms with Crippen LogP contribution in [-0.4, -0.2) is 34.2 Å². The highest BCUT2D eigenvalue weighted by atomic mass is 32.2. The average Bonchev–Trinajstić information content (AvgIpc) is 3.19. The molecule has 1 aliphatic rings. The largest absolute Gasteiger partial charge is 0.280 e. The zero-order chi connectivity index (χ0) is 19.5. The molecule has 0 radical (unpaired) electrons. The van der Waals surface area contributed by atoms with E-state index >= 15 is 0 Å². The van der Waals surface area contributed by atoms with Crippen LogP contribution in [0.3, 0.4) is 0 Å². The Kier molecular flexibility index (Phi) is 5.88. The minimum absolute atomic E-state index is 0.0282. The molecule has 146 valence electrons. The first kappa shape index (κ1) is 19.9. The standard InChI is InChI=1S/C19H24N2O4S2/c1-2-5-16-6-8-17(9-7-16)20-26(22,23)18-10-12-19(13-11-18)27(24,25)21-14-3-4-15-21/h6-13,20H,2-5,14-15H2,1H3. The van der Waals surface area contributed by atoms with E-state index in [9.17, 15) is 16.8 Å². The van der Waals surface area contributed by atoms with Gasteiger partial charge in [-0.1, -0.05) is 25.5 Å². The molecule has 2 aromatic carbocycles. The van der Waals surface area contributed by atoms with Gasteiger partial charge in [-0.15, -0.1) is 0 Å². The lowest BCUT2D eigenvalue weighted by Gasteiger charge is -2.15. The molecule has 0 spiro atoms. The fourth-order valence-electron chi connectivity index (χ4n) is 3.11. The van der Waals surface area contributed by atoms with Crippen molar-refractivity contribution in [1.29, 1.82) is 0 Å². The number of nitrogens with zero attached hydrogens (tertiary/aromatic N) is 1. The second kappa shape index (κ2) is 8.00. The SMILES string of the molecule is CCCc1ccc(NS(=O)(=O)c2ccc(S(=O)(=O)N3CCCC3)cc2)cc1. The lowest BCUT2D eigenvalue weighted by Crippen LogP contribution is -2.27. The molecule has 0 aliphatic carbocycles. The van der Waals surface area contributed by atoms with E-state index in [4.69, 9.17) is 0 Å². The van der Waals surface area contributed by atoms with Gasteiger partial charge in [0.25, 0.3) is 10.0 Å². The molecule has 8 heteroatoms. The first-order chi connectivity index (χ1) is 12.8. The first-order valence-electron chi connectivity index (χ1n) is 9.05. The number of hydrogen-bond acceptors (Lipinski definition) is 4. The van der Waals surface area contributed by atoms with E-state index in [0.717, 1.165) is 31.2 Å². The summed E-state index contributed by atoms with van der Waals surface area (Å²) in [4.78, 5) is 0.146. The lowest BCUT2D eigenvalue weighted by molar-refractivity contribution is 0.477. The molecule has 1 aliphatic heterocycles. The molecule has 0 bridgehead atoms. The number of rotatable bonds is 7. The van der Waals surface area contributed by atoms with Gasteiger partial charge in [0.05, 0.1) is 9.79 Å². The number of hydrogen-bond donors (Lipinski definition) is 1. The van der Waals surface area contributed by atoms with Crippen LogP contribution < -0.4 is 4.72 Å². The molecule has 0 unspecified atom stereocenters. The molecule has 27 heavy (non-hydrogen) atoms. The maximum Gasteiger partial charge on any atom is 0.261 e. The fraction of sp³-hybridized carbons (Fsp3) is 0.368. The normalized spacial score (nSPS) is 15.7. The van der Waals surface area contributed by atoms with Crippen molar-refractivity contribution in [2.75, 3.05) is 17.8 Å². The Morgan fingerprint density at radius 1 is 0.852 bits per heavy atom. The Bertz CT molecular complexity index is 977. The fourth-order valence-corrected chi connectivity index (χ4v) is 5.69. The Labute approximate surface area is 161 Å². The van der Waals surface area contributed by atoms with Crippen LogP contribution in [0.5, 0.6) is 0 Å². The third-order valence-electron chi connectivity index (χ3n) is 4.58. The van der Waals surface area contributed by atoms with E-state index in [0.29, 0.717) is 18.8 Å². The van der Waals surface area contributed by atoms with E-state index in [1.807, 2.05) is 12.1 Å². The lowest BCUT2D eigenvalue weighted by atomic mass is 10.1. The number of anilines is 1. The monoisotopic (exact) mass is 408 g/mol. The van der Waals surface area contributed by atoms with Crippen molar-refractivity contribution in [2.24, 2.45) is 0 Å². The highest BCUT2D eigenvalue weighted by Gasteiger charge is 2.27. The van der Waals surface area contributed by atoms with Crippen molar-refractivity contribution in [1.82, 2.24) is 4.31 Å². The van der Waals surface area contributed by atoms with Gasteiger partial charge in [0.2, 0.25) is 10.0 Å². The van der Waals surface area contributed by atoms with Crippen LogP contribution >= 0.6 is 0 Å². The molecule has 0 amide bonds.